The lowest BCUT2D eigenvalue weighted by Crippen LogP contribution is -2.21. The summed E-state index contributed by atoms with van der Waals surface area (Å²) < 4.78 is 0. The fourth-order valence-electron chi connectivity index (χ4n) is 2.34. The van der Waals surface area contributed by atoms with Gasteiger partial charge in [-0.1, -0.05) is 13.0 Å². The van der Waals surface area contributed by atoms with Crippen LogP contribution in [0.4, 0.5) is 5.82 Å². The fraction of sp³-hybridized carbons (Fsp3) is 0.643. The zero-order valence-corrected chi connectivity index (χ0v) is 11.1. The standard InChI is InChI=1S/C14H23N3O/c1-2-6-15-14-4-3-12(8-16-14)9-17-7-5-13(10-17)11-18/h3-4,8,13,18H,2,5-7,9-11H2,1H3,(H,15,16). The molecule has 18 heavy (non-hydrogen) atoms. The summed E-state index contributed by atoms with van der Waals surface area (Å²) >= 11 is 0. The summed E-state index contributed by atoms with van der Waals surface area (Å²) in [6, 6.07) is 4.18. The van der Waals surface area contributed by atoms with E-state index in [4.69, 9.17) is 5.11 Å². The third-order valence-corrected chi connectivity index (χ3v) is 3.42. The molecular formula is C14H23N3O. The number of hydrogen-bond acceptors (Lipinski definition) is 4. The maximum absolute atomic E-state index is 9.12. The van der Waals surface area contributed by atoms with Gasteiger partial charge in [-0.3, -0.25) is 4.90 Å². The third kappa shape index (κ3) is 3.68. The third-order valence-electron chi connectivity index (χ3n) is 3.42. The van der Waals surface area contributed by atoms with Crippen LogP contribution in [0.3, 0.4) is 0 Å². The molecule has 2 heterocycles. The predicted molar refractivity (Wildman–Crippen MR) is 73.5 cm³/mol. The zero-order chi connectivity index (χ0) is 12.8. The van der Waals surface area contributed by atoms with Crippen molar-refractivity contribution in [1.82, 2.24) is 9.88 Å². The first-order valence-electron chi connectivity index (χ1n) is 6.84. The van der Waals surface area contributed by atoms with E-state index in [9.17, 15) is 0 Å². The highest BCUT2D eigenvalue weighted by molar-refractivity contribution is 5.35. The minimum atomic E-state index is 0.314. The van der Waals surface area contributed by atoms with Gasteiger partial charge in [-0.15, -0.1) is 0 Å². The van der Waals surface area contributed by atoms with Crippen LogP contribution in [0.15, 0.2) is 18.3 Å². The second-order valence-corrected chi connectivity index (χ2v) is 5.05. The lowest BCUT2D eigenvalue weighted by molar-refractivity contribution is 0.220. The van der Waals surface area contributed by atoms with Crippen molar-refractivity contribution < 1.29 is 5.11 Å². The van der Waals surface area contributed by atoms with Gasteiger partial charge in [-0.25, -0.2) is 4.98 Å². The number of aliphatic hydroxyl groups is 1. The highest BCUT2D eigenvalue weighted by Gasteiger charge is 2.21. The van der Waals surface area contributed by atoms with E-state index in [1.54, 1.807) is 0 Å². The molecule has 1 aliphatic heterocycles. The summed E-state index contributed by atoms with van der Waals surface area (Å²) in [6.45, 7) is 6.46. The summed E-state index contributed by atoms with van der Waals surface area (Å²) in [5, 5.41) is 12.4. The van der Waals surface area contributed by atoms with E-state index >= 15 is 0 Å². The van der Waals surface area contributed by atoms with Crippen LogP contribution in [0.2, 0.25) is 0 Å². The van der Waals surface area contributed by atoms with Crippen molar-refractivity contribution in [2.24, 2.45) is 5.92 Å². The van der Waals surface area contributed by atoms with Crippen molar-refractivity contribution in [2.45, 2.75) is 26.3 Å². The first kappa shape index (κ1) is 13.3. The molecule has 0 amide bonds. The van der Waals surface area contributed by atoms with Gasteiger partial charge in [-0.2, -0.15) is 0 Å². The molecule has 1 aliphatic rings. The molecule has 2 rings (SSSR count). The lowest BCUT2D eigenvalue weighted by Gasteiger charge is -2.15. The van der Waals surface area contributed by atoms with Gasteiger partial charge >= 0.3 is 0 Å². The number of rotatable bonds is 6. The van der Waals surface area contributed by atoms with Crippen molar-refractivity contribution >= 4 is 5.82 Å². The van der Waals surface area contributed by atoms with Gasteiger partial charge in [0, 0.05) is 32.4 Å². The zero-order valence-electron chi connectivity index (χ0n) is 11.1. The molecule has 2 N–H and O–H groups in total. The molecule has 1 unspecified atom stereocenters. The van der Waals surface area contributed by atoms with Crippen LogP contribution < -0.4 is 5.32 Å². The lowest BCUT2D eigenvalue weighted by atomic mass is 10.1. The Labute approximate surface area is 109 Å². The van der Waals surface area contributed by atoms with Crippen molar-refractivity contribution in [2.75, 3.05) is 31.6 Å². The molecule has 0 aliphatic carbocycles. The highest BCUT2D eigenvalue weighted by atomic mass is 16.3. The molecule has 1 aromatic rings. The summed E-state index contributed by atoms with van der Waals surface area (Å²) in [6.07, 6.45) is 4.17. The molecule has 1 atom stereocenters. The predicted octanol–water partition coefficient (Wildman–Crippen LogP) is 1.72. The van der Waals surface area contributed by atoms with E-state index in [1.165, 1.54) is 5.56 Å². The molecule has 0 radical (unpaired) electrons. The first-order valence-corrected chi connectivity index (χ1v) is 6.84. The Morgan fingerprint density at radius 3 is 3.00 bits per heavy atom. The maximum atomic E-state index is 9.12. The van der Waals surface area contributed by atoms with Crippen LogP contribution in [0, 0.1) is 5.92 Å². The number of pyridine rings is 1. The van der Waals surface area contributed by atoms with Gasteiger partial charge < -0.3 is 10.4 Å². The Morgan fingerprint density at radius 2 is 2.39 bits per heavy atom. The van der Waals surface area contributed by atoms with Crippen LogP contribution in [-0.2, 0) is 6.54 Å². The Hall–Kier alpha value is -1.13. The van der Waals surface area contributed by atoms with Gasteiger partial charge in [0.1, 0.15) is 5.82 Å². The Balaban J connectivity index is 1.83. The van der Waals surface area contributed by atoms with Crippen molar-refractivity contribution in [3.63, 3.8) is 0 Å². The fourth-order valence-corrected chi connectivity index (χ4v) is 2.34. The molecule has 0 aromatic carbocycles. The van der Waals surface area contributed by atoms with Gasteiger partial charge in [0.05, 0.1) is 0 Å². The average molecular weight is 249 g/mol. The molecular weight excluding hydrogens is 226 g/mol. The van der Waals surface area contributed by atoms with Crippen LogP contribution in [0.1, 0.15) is 25.3 Å². The molecule has 0 bridgehead atoms. The monoisotopic (exact) mass is 249 g/mol. The Bertz CT molecular complexity index is 353. The molecule has 1 fully saturated rings. The van der Waals surface area contributed by atoms with Gasteiger partial charge in [-0.05, 0) is 36.9 Å². The van der Waals surface area contributed by atoms with Crippen LogP contribution in [-0.4, -0.2) is 41.2 Å². The summed E-state index contributed by atoms with van der Waals surface area (Å²) in [7, 11) is 0. The molecule has 4 heteroatoms. The van der Waals surface area contributed by atoms with Gasteiger partial charge in [0.2, 0.25) is 0 Å². The smallest absolute Gasteiger partial charge is 0.125 e. The van der Waals surface area contributed by atoms with E-state index in [0.29, 0.717) is 12.5 Å². The Kier molecular flexibility index (Phi) is 4.96. The van der Waals surface area contributed by atoms with E-state index in [2.05, 4.69) is 28.2 Å². The topological polar surface area (TPSA) is 48.4 Å². The van der Waals surface area contributed by atoms with Crippen LogP contribution in [0.25, 0.3) is 0 Å². The number of nitrogens with one attached hydrogen (secondary N) is 1. The van der Waals surface area contributed by atoms with E-state index in [0.717, 1.165) is 44.8 Å². The van der Waals surface area contributed by atoms with E-state index < -0.39 is 0 Å². The normalized spacial score (nSPS) is 20.2. The summed E-state index contributed by atoms with van der Waals surface area (Å²) in [5.74, 6) is 1.42. The number of anilines is 1. The maximum Gasteiger partial charge on any atom is 0.125 e. The summed E-state index contributed by atoms with van der Waals surface area (Å²) in [5.41, 5.74) is 1.25. The summed E-state index contributed by atoms with van der Waals surface area (Å²) in [4.78, 5) is 6.80. The second-order valence-electron chi connectivity index (χ2n) is 5.05. The highest BCUT2D eigenvalue weighted by Crippen LogP contribution is 2.18. The van der Waals surface area contributed by atoms with Crippen LogP contribution >= 0.6 is 0 Å². The molecule has 100 valence electrons. The van der Waals surface area contributed by atoms with E-state index in [-0.39, 0.29) is 0 Å². The number of aliphatic hydroxyl groups excluding tert-OH is 1. The molecule has 4 nitrogen and oxygen atoms in total. The van der Waals surface area contributed by atoms with Gasteiger partial charge in [0.25, 0.3) is 0 Å². The Morgan fingerprint density at radius 1 is 1.50 bits per heavy atom. The quantitative estimate of drug-likeness (QED) is 0.806. The van der Waals surface area contributed by atoms with Crippen molar-refractivity contribution in [1.29, 1.82) is 0 Å². The molecule has 1 saturated heterocycles. The van der Waals surface area contributed by atoms with Gasteiger partial charge in [0.15, 0.2) is 0 Å². The molecule has 0 saturated carbocycles. The molecule has 1 aromatic heterocycles. The van der Waals surface area contributed by atoms with Crippen LogP contribution in [0.5, 0.6) is 0 Å². The first-order chi connectivity index (χ1) is 8.81. The number of nitrogens with zero attached hydrogens (tertiary/aromatic N) is 2. The minimum absolute atomic E-state index is 0.314. The minimum Gasteiger partial charge on any atom is -0.396 e. The number of likely N-dealkylation sites (tertiary alicyclic amines) is 1. The van der Waals surface area contributed by atoms with E-state index in [1.807, 2.05) is 12.3 Å². The van der Waals surface area contributed by atoms with Crippen molar-refractivity contribution in [3.05, 3.63) is 23.9 Å². The molecule has 0 spiro atoms. The number of aromatic nitrogens is 1. The second kappa shape index (κ2) is 6.71. The largest absolute Gasteiger partial charge is 0.396 e. The van der Waals surface area contributed by atoms with Crippen molar-refractivity contribution in [3.8, 4) is 0 Å². The average Bonchev–Trinajstić information content (AvgIpc) is 2.86. The number of hydrogen-bond donors (Lipinski definition) is 2. The SMILES string of the molecule is CCCNc1ccc(CN2CCC(CO)C2)cn1.